The first kappa shape index (κ1) is 14.4. The number of hydrogen-bond acceptors (Lipinski definition) is 2. The van der Waals surface area contributed by atoms with Crippen LogP contribution in [0.4, 0.5) is 8.78 Å². The molecule has 0 saturated heterocycles. The Balaban J connectivity index is 1.49. The van der Waals surface area contributed by atoms with Crippen molar-refractivity contribution in [3.8, 4) is 0 Å². The van der Waals surface area contributed by atoms with Gasteiger partial charge in [0.2, 0.25) is 0 Å². The maximum absolute atomic E-state index is 14.0. The number of amides is 1. The minimum absolute atomic E-state index is 0.248. The van der Waals surface area contributed by atoms with Crippen molar-refractivity contribution in [1.82, 2.24) is 5.32 Å². The normalized spacial score (nSPS) is 17.8. The van der Waals surface area contributed by atoms with E-state index in [1.165, 1.54) is 12.1 Å². The molecule has 1 fully saturated rings. The molecule has 5 heteroatoms. The first-order valence-corrected chi connectivity index (χ1v) is 7.92. The second-order valence-corrected chi connectivity index (χ2v) is 6.51. The molecule has 1 saturated carbocycles. The summed E-state index contributed by atoms with van der Waals surface area (Å²) in [5.74, 6) is -0.998. The van der Waals surface area contributed by atoms with Crippen LogP contribution in [0.1, 0.15) is 46.5 Å². The number of benzene rings is 1. The zero-order valence-corrected chi connectivity index (χ0v) is 12.6. The van der Waals surface area contributed by atoms with E-state index in [2.05, 4.69) is 5.32 Å². The van der Waals surface area contributed by atoms with E-state index < -0.39 is 17.0 Å². The van der Waals surface area contributed by atoms with Crippen LogP contribution in [0.5, 0.6) is 0 Å². The van der Waals surface area contributed by atoms with Crippen LogP contribution in [-0.2, 0) is 18.3 Å². The summed E-state index contributed by atoms with van der Waals surface area (Å²) in [6, 6.07) is 3.64. The molecule has 1 aromatic carbocycles. The van der Waals surface area contributed by atoms with Gasteiger partial charge in [0, 0.05) is 23.6 Å². The van der Waals surface area contributed by atoms with Crippen molar-refractivity contribution in [2.24, 2.45) is 0 Å². The number of nitrogens with one attached hydrogen (secondary N) is 1. The second kappa shape index (κ2) is 5.18. The Morgan fingerprint density at radius 2 is 2.09 bits per heavy atom. The van der Waals surface area contributed by atoms with Crippen molar-refractivity contribution in [2.75, 3.05) is 6.54 Å². The van der Waals surface area contributed by atoms with Gasteiger partial charge in [-0.1, -0.05) is 6.07 Å². The highest BCUT2D eigenvalue weighted by Gasteiger charge is 2.46. The van der Waals surface area contributed by atoms with Crippen LogP contribution in [0.3, 0.4) is 0 Å². The summed E-state index contributed by atoms with van der Waals surface area (Å²) in [6.07, 6.45) is 6.09. The van der Waals surface area contributed by atoms with Gasteiger partial charge < -0.3 is 9.73 Å². The monoisotopic (exact) mass is 317 g/mol. The molecule has 3 nitrogen and oxygen atoms in total. The van der Waals surface area contributed by atoms with E-state index in [9.17, 15) is 13.6 Å². The van der Waals surface area contributed by atoms with Crippen LogP contribution in [0.2, 0.25) is 0 Å². The third-order valence-corrected chi connectivity index (χ3v) is 5.00. The maximum atomic E-state index is 14.0. The molecule has 1 N–H and O–H groups in total. The van der Waals surface area contributed by atoms with Crippen molar-refractivity contribution < 1.29 is 18.0 Å². The first-order chi connectivity index (χ1) is 11.1. The smallest absolute Gasteiger partial charge is 0.287 e. The SMILES string of the molecule is O=C(NCC1(c2ccc(F)cc2F)CC1)c1occ2c1CCC2. The Hall–Kier alpha value is -2.17. The standard InChI is InChI=1S/C18H17F2NO2/c19-12-4-5-14(15(20)8-12)18(6-7-18)10-21-17(22)16-13-3-1-2-11(13)9-23-16/h4-5,8-9H,1-3,6-7,10H2,(H,21,22). The summed E-state index contributed by atoms with van der Waals surface area (Å²) in [6.45, 7) is 0.337. The molecule has 0 spiro atoms. The van der Waals surface area contributed by atoms with Gasteiger partial charge in [0.25, 0.3) is 5.91 Å². The van der Waals surface area contributed by atoms with Gasteiger partial charge in [0.15, 0.2) is 5.76 Å². The lowest BCUT2D eigenvalue weighted by atomic mass is 9.95. The number of furan rings is 1. The summed E-state index contributed by atoms with van der Waals surface area (Å²) in [5, 5.41) is 2.86. The van der Waals surface area contributed by atoms with E-state index in [0.717, 1.165) is 49.3 Å². The molecule has 0 aliphatic heterocycles. The summed E-state index contributed by atoms with van der Waals surface area (Å²) >= 11 is 0. The van der Waals surface area contributed by atoms with Gasteiger partial charge in [0.05, 0.1) is 6.26 Å². The second-order valence-electron chi connectivity index (χ2n) is 6.51. The highest BCUT2D eigenvalue weighted by Crippen LogP contribution is 2.48. The highest BCUT2D eigenvalue weighted by atomic mass is 19.1. The predicted molar refractivity (Wildman–Crippen MR) is 80.3 cm³/mol. The minimum atomic E-state index is -0.586. The lowest BCUT2D eigenvalue weighted by Crippen LogP contribution is -2.33. The molecule has 1 amide bonds. The van der Waals surface area contributed by atoms with Crippen molar-refractivity contribution >= 4 is 5.91 Å². The molecule has 23 heavy (non-hydrogen) atoms. The van der Waals surface area contributed by atoms with Gasteiger partial charge in [0.1, 0.15) is 11.6 Å². The summed E-state index contributed by atoms with van der Waals surface area (Å²) in [5.41, 5.74) is 2.17. The average molecular weight is 317 g/mol. The molecule has 2 aliphatic rings. The van der Waals surface area contributed by atoms with Crippen LogP contribution in [-0.4, -0.2) is 12.5 Å². The zero-order chi connectivity index (χ0) is 16.0. The molecule has 1 heterocycles. The van der Waals surface area contributed by atoms with Gasteiger partial charge in [-0.05, 0) is 49.3 Å². The average Bonchev–Trinajstić information content (AvgIpc) is 2.97. The Morgan fingerprint density at radius 1 is 1.26 bits per heavy atom. The largest absolute Gasteiger partial charge is 0.459 e. The number of aryl methyl sites for hydroxylation is 1. The third-order valence-electron chi connectivity index (χ3n) is 5.00. The van der Waals surface area contributed by atoms with Crippen LogP contribution in [0.25, 0.3) is 0 Å². The number of hydrogen-bond donors (Lipinski definition) is 1. The van der Waals surface area contributed by atoms with Gasteiger partial charge in [-0.15, -0.1) is 0 Å². The lowest BCUT2D eigenvalue weighted by Gasteiger charge is -2.17. The van der Waals surface area contributed by atoms with Crippen LogP contribution >= 0.6 is 0 Å². The van der Waals surface area contributed by atoms with E-state index >= 15 is 0 Å². The highest BCUT2D eigenvalue weighted by molar-refractivity contribution is 5.93. The molecule has 0 atom stereocenters. The molecule has 0 radical (unpaired) electrons. The van der Waals surface area contributed by atoms with E-state index in [1.54, 1.807) is 6.26 Å². The minimum Gasteiger partial charge on any atom is -0.459 e. The zero-order valence-electron chi connectivity index (χ0n) is 12.6. The molecule has 4 rings (SSSR count). The number of carbonyl (C=O) groups excluding carboxylic acids is 1. The number of carbonyl (C=O) groups is 1. The Labute approximate surface area is 132 Å². The van der Waals surface area contributed by atoms with E-state index in [4.69, 9.17) is 4.42 Å². The molecule has 2 aliphatic carbocycles. The molecule has 0 unspecified atom stereocenters. The van der Waals surface area contributed by atoms with Gasteiger partial charge in [-0.25, -0.2) is 8.78 Å². The van der Waals surface area contributed by atoms with Gasteiger partial charge >= 0.3 is 0 Å². The van der Waals surface area contributed by atoms with Crippen molar-refractivity contribution in [2.45, 2.75) is 37.5 Å². The van der Waals surface area contributed by atoms with Crippen LogP contribution in [0.15, 0.2) is 28.9 Å². The van der Waals surface area contributed by atoms with Crippen molar-refractivity contribution in [3.05, 3.63) is 58.5 Å². The fourth-order valence-corrected chi connectivity index (χ4v) is 3.49. The molecule has 2 aromatic rings. The Morgan fingerprint density at radius 3 is 2.83 bits per heavy atom. The number of rotatable bonds is 4. The van der Waals surface area contributed by atoms with E-state index in [-0.39, 0.29) is 5.91 Å². The molecule has 0 bridgehead atoms. The first-order valence-electron chi connectivity index (χ1n) is 7.92. The topological polar surface area (TPSA) is 42.2 Å². The summed E-state index contributed by atoms with van der Waals surface area (Å²) < 4.78 is 32.4. The van der Waals surface area contributed by atoms with Gasteiger partial charge in [-0.3, -0.25) is 4.79 Å². The van der Waals surface area contributed by atoms with E-state index in [0.29, 0.717) is 17.9 Å². The number of halogens is 2. The van der Waals surface area contributed by atoms with Crippen molar-refractivity contribution in [1.29, 1.82) is 0 Å². The van der Waals surface area contributed by atoms with Crippen LogP contribution in [0, 0.1) is 11.6 Å². The third kappa shape index (κ3) is 2.44. The van der Waals surface area contributed by atoms with E-state index in [1.807, 2.05) is 0 Å². The van der Waals surface area contributed by atoms with Crippen LogP contribution < -0.4 is 5.32 Å². The van der Waals surface area contributed by atoms with Gasteiger partial charge in [-0.2, -0.15) is 0 Å². The molecule has 1 aromatic heterocycles. The lowest BCUT2D eigenvalue weighted by molar-refractivity contribution is 0.0920. The number of fused-ring (bicyclic) bond motifs is 1. The molecular formula is C18H17F2NO2. The fraction of sp³-hybridized carbons (Fsp3) is 0.389. The Bertz CT molecular complexity index is 777. The molecular weight excluding hydrogens is 300 g/mol. The van der Waals surface area contributed by atoms with Crippen molar-refractivity contribution in [3.63, 3.8) is 0 Å². The fourth-order valence-electron chi connectivity index (χ4n) is 3.49. The predicted octanol–water partition coefficient (Wildman–Crippen LogP) is 3.51. The maximum Gasteiger partial charge on any atom is 0.287 e. The quantitative estimate of drug-likeness (QED) is 0.937. The molecule has 120 valence electrons. The Kier molecular flexibility index (Phi) is 3.25. The summed E-state index contributed by atoms with van der Waals surface area (Å²) in [7, 11) is 0. The summed E-state index contributed by atoms with van der Waals surface area (Å²) in [4.78, 5) is 12.4.